The Morgan fingerprint density at radius 2 is 1.58 bits per heavy atom. The van der Waals surface area contributed by atoms with Crippen LogP contribution in [0.2, 0.25) is 10.0 Å². The lowest BCUT2D eigenvalue weighted by molar-refractivity contribution is 0.0993. The maximum absolute atomic E-state index is 14.1. The van der Waals surface area contributed by atoms with Crippen molar-refractivity contribution in [1.29, 1.82) is 0 Å². The number of benzene rings is 1. The summed E-state index contributed by atoms with van der Waals surface area (Å²) in [6.07, 6.45) is 3.24. The maximum Gasteiger partial charge on any atom is 0.269 e. The molecule has 0 radical (unpaired) electrons. The molecule has 38 heavy (non-hydrogen) atoms. The van der Waals surface area contributed by atoms with Crippen LogP contribution in [0.15, 0.2) is 64.4 Å². The molecule has 0 saturated carbocycles. The number of hydrogen-bond donors (Lipinski definition) is 0. The van der Waals surface area contributed by atoms with Gasteiger partial charge in [-0.3, -0.25) is 19.3 Å². The Bertz CT molecular complexity index is 1670. The molecule has 0 bridgehead atoms. The number of ether oxygens (including phenoxy) is 1. The number of halogens is 2. The Morgan fingerprint density at radius 3 is 2.18 bits per heavy atom. The quantitative estimate of drug-likeness (QED) is 0.341. The van der Waals surface area contributed by atoms with Crippen molar-refractivity contribution in [2.45, 2.75) is 25.9 Å². The molecule has 0 aliphatic carbocycles. The highest BCUT2D eigenvalue weighted by Gasteiger charge is 2.43. The minimum absolute atomic E-state index is 0.0153. The highest BCUT2D eigenvalue weighted by Crippen LogP contribution is 2.47. The smallest absolute Gasteiger partial charge is 0.269 e. The molecule has 1 aliphatic heterocycles. The number of fused-ring (bicyclic) bond motifs is 1. The SMILES string of the molecule is COc1cn(C)c(=O)cc1-c1cc2c(n1C(C)C)C(c1ccc(Cl)cc1)N(c1cc(Cl)c(=O)n(C)c1)C2=O. The van der Waals surface area contributed by atoms with Gasteiger partial charge in [0, 0.05) is 49.2 Å². The Morgan fingerprint density at radius 1 is 0.895 bits per heavy atom. The molecule has 3 aromatic heterocycles. The van der Waals surface area contributed by atoms with E-state index in [2.05, 4.69) is 4.57 Å². The van der Waals surface area contributed by atoms with E-state index < -0.39 is 6.04 Å². The number of hydrogen-bond acceptors (Lipinski definition) is 4. The minimum atomic E-state index is -0.544. The lowest BCUT2D eigenvalue weighted by atomic mass is 10.0. The number of aryl methyl sites for hydroxylation is 2. The first-order valence-corrected chi connectivity index (χ1v) is 12.7. The van der Waals surface area contributed by atoms with Crippen LogP contribution < -0.4 is 20.8 Å². The van der Waals surface area contributed by atoms with Crippen molar-refractivity contribution in [3.8, 4) is 17.0 Å². The molecule has 8 nitrogen and oxygen atoms in total. The monoisotopic (exact) mass is 552 g/mol. The molecule has 0 spiro atoms. The van der Waals surface area contributed by atoms with Crippen molar-refractivity contribution < 1.29 is 9.53 Å². The molecule has 0 N–H and O–H groups in total. The van der Waals surface area contributed by atoms with Crippen molar-refractivity contribution >= 4 is 34.8 Å². The summed E-state index contributed by atoms with van der Waals surface area (Å²) < 4.78 is 10.5. The van der Waals surface area contributed by atoms with Gasteiger partial charge >= 0.3 is 0 Å². The number of nitrogens with zero attached hydrogens (tertiary/aromatic N) is 4. The lowest BCUT2D eigenvalue weighted by Crippen LogP contribution is -2.31. The van der Waals surface area contributed by atoms with E-state index in [0.29, 0.717) is 33.3 Å². The number of carbonyl (C=O) groups excluding carboxylic acids is 1. The topological polar surface area (TPSA) is 78.5 Å². The standard InChI is InChI=1S/C28H26Cl2N4O4/c1-15(2)33-22(19-12-24(35)31(3)14-23(19)38-5)11-20-26(33)25(16-6-8-17(29)9-7-16)34(27(20)36)18-10-21(30)28(37)32(4)13-18/h6-15,25H,1-5H3. The average Bonchev–Trinajstić information content (AvgIpc) is 3.39. The Labute approximate surface area is 229 Å². The summed E-state index contributed by atoms with van der Waals surface area (Å²) in [7, 11) is 4.80. The van der Waals surface area contributed by atoms with Crippen LogP contribution in [-0.4, -0.2) is 26.7 Å². The second-order valence-electron chi connectivity index (χ2n) is 9.59. The van der Waals surface area contributed by atoms with Crippen molar-refractivity contribution in [3.63, 3.8) is 0 Å². The number of methoxy groups -OCH3 is 1. The van der Waals surface area contributed by atoms with E-state index in [-0.39, 0.29) is 28.1 Å². The van der Waals surface area contributed by atoms with E-state index in [1.54, 1.807) is 56.7 Å². The van der Waals surface area contributed by atoms with E-state index in [1.807, 2.05) is 26.0 Å². The second-order valence-corrected chi connectivity index (χ2v) is 10.4. The fourth-order valence-electron chi connectivity index (χ4n) is 5.10. The number of aromatic nitrogens is 3. The van der Waals surface area contributed by atoms with Crippen molar-refractivity contribution in [2.75, 3.05) is 12.0 Å². The summed E-state index contributed by atoms with van der Waals surface area (Å²) in [4.78, 5) is 40.7. The van der Waals surface area contributed by atoms with Gasteiger partial charge in [-0.15, -0.1) is 0 Å². The van der Waals surface area contributed by atoms with E-state index in [4.69, 9.17) is 27.9 Å². The summed E-state index contributed by atoms with van der Waals surface area (Å²) >= 11 is 12.5. The van der Waals surface area contributed by atoms with Crippen LogP contribution in [0, 0.1) is 0 Å². The summed E-state index contributed by atoms with van der Waals surface area (Å²) in [5, 5.41) is 0.585. The van der Waals surface area contributed by atoms with Crippen LogP contribution >= 0.6 is 23.2 Å². The zero-order chi connectivity index (χ0) is 27.5. The largest absolute Gasteiger partial charge is 0.495 e. The van der Waals surface area contributed by atoms with Crippen LogP contribution in [-0.2, 0) is 14.1 Å². The van der Waals surface area contributed by atoms with Gasteiger partial charge in [0.25, 0.3) is 17.0 Å². The van der Waals surface area contributed by atoms with Gasteiger partial charge < -0.3 is 18.4 Å². The molecule has 1 atom stereocenters. The first kappa shape index (κ1) is 25.9. The summed E-state index contributed by atoms with van der Waals surface area (Å²) in [6.45, 7) is 4.04. The molecule has 5 rings (SSSR count). The summed E-state index contributed by atoms with van der Waals surface area (Å²) in [5.41, 5.74) is 3.31. The molecule has 4 heterocycles. The molecular formula is C28H26Cl2N4O4. The van der Waals surface area contributed by atoms with E-state index >= 15 is 0 Å². The first-order chi connectivity index (χ1) is 18.0. The molecule has 1 amide bonds. The van der Waals surface area contributed by atoms with Crippen molar-refractivity contribution in [1.82, 2.24) is 13.7 Å². The molecule has 4 aromatic rings. The molecule has 1 aromatic carbocycles. The van der Waals surface area contributed by atoms with Crippen LogP contribution in [0.5, 0.6) is 5.75 Å². The van der Waals surface area contributed by atoms with Crippen LogP contribution in [0.25, 0.3) is 11.3 Å². The molecule has 1 unspecified atom stereocenters. The highest BCUT2D eigenvalue weighted by molar-refractivity contribution is 6.31. The lowest BCUT2D eigenvalue weighted by Gasteiger charge is -2.29. The van der Waals surface area contributed by atoms with E-state index in [1.165, 1.54) is 21.3 Å². The second kappa shape index (κ2) is 9.53. The Balaban J connectivity index is 1.82. The van der Waals surface area contributed by atoms with Gasteiger partial charge in [0.05, 0.1) is 29.7 Å². The molecule has 0 saturated heterocycles. The fraction of sp³-hybridized carbons (Fsp3) is 0.250. The van der Waals surface area contributed by atoms with Crippen molar-refractivity contribution in [3.05, 3.63) is 102 Å². The third-order valence-electron chi connectivity index (χ3n) is 6.84. The fourth-order valence-corrected chi connectivity index (χ4v) is 5.47. The third kappa shape index (κ3) is 4.04. The number of anilines is 1. The normalized spacial score (nSPS) is 14.9. The maximum atomic E-state index is 14.1. The molecule has 10 heteroatoms. The summed E-state index contributed by atoms with van der Waals surface area (Å²) in [5.74, 6) is 0.264. The van der Waals surface area contributed by atoms with Gasteiger partial charge in [-0.1, -0.05) is 35.3 Å². The Kier molecular flexibility index (Phi) is 6.49. The third-order valence-corrected chi connectivity index (χ3v) is 7.36. The Hall–Kier alpha value is -3.75. The highest BCUT2D eigenvalue weighted by atomic mass is 35.5. The molecule has 196 valence electrons. The minimum Gasteiger partial charge on any atom is -0.495 e. The number of amides is 1. The van der Waals surface area contributed by atoms with Crippen LogP contribution in [0.3, 0.4) is 0 Å². The molecule has 0 fully saturated rings. The zero-order valence-corrected chi connectivity index (χ0v) is 23.0. The number of rotatable bonds is 5. The van der Waals surface area contributed by atoms with Gasteiger partial charge in [0.15, 0.2) is 0 Å². The first-order valence-electron chi connectivity index (χ1n) is 12.0. The van der Waals surface area contributed by atoms with Gasteiger partial charge in [-0.25, -0.2) is 0 Å². The van der Waals surface area contributed by atoms with Crippen LogP contribution in [0.1, 0.15) is 47.5 Å². The van der Waals surface area contributed by atoms with E-state index in [9.17, 15) is 14.4 Å². The van der Waals surface area contributed by atoms with Gasteiger partial charge in [-0.05, 0) is 43.7 Å². The van der Waals surface area contributed by atoms with Crippen molar-refractivity contribution in [2.24, 2.45) is 14.1 Å². The van der Waals surface area contributed by atoms with E-state index in [0.717, 1.165) is 11.3 Å². The van der Waals surface area contributed by atoms with Gasteiger partial charge in [0.2, 0.25) is 0 Å². The predicted octanol–water partition coefficient (Wildman–Crippen LogP) is 5.20. The molecular weight excluding hydrogens is 527 g/mol. The number of carbonyl (C=O) groups is 1. The molecule has 1 aliphatic rings. The van der Waals surface area contributed by atoms with Gasteiger partial charge in [0.1, 0.15) is 16.8 Å². The van der Waals surface area contributed by atoms with Gasteiger partial charge in [-0.2, -0.15) is 0 Å². The zero-order valence-electron chi connectivity index (χ0n) is 21.5. The summed E-state index contributed by atoms with van der Waals surface area (Å²) in [6, 6.07) is 11.5. The number of pyridine rings is 2. The predicted molar refractivity (Wildman–Crippen MR) is 149 cm³/mol. The van der Waals surface area contributed by atoms with Crippen LogP contribution in [0.4, 0.5) is 5.69 Å². The average molecular weight is 553 g/mol.